The van der Waals surface area contributed by atoms with Gasteiger partial charge in [-0.3, -0.25) is 4.79 Å². The van der Waals surface area contributed by atoms with Gasteiger partial charge in [0.1, 0.15) is 23.6 Å². The molecule has 1 amide bonds. The van der Waals surface area contributed by atoms with E-state index < -0.39 is 0 Å². The molecule has 0 bridgehead atoms. The highest BCUT2D eigenvalue weighted by Crippen LogP contribution is 2.30. The number of carbonyl (C=O) groups excluding carboxylic acids is 1. The molecule has 21 heavy (non-hydrogen) atoms. The molecule has 5 nitrogen and oxygen atoms in total. The van der Waals surface area contributed by atoms with Gasteiger partial charge in [-0.05, 0) is 26.0 Å². The number of halogens is 1. The number of alkyl halides is 1. The maximum Gasteiger partial charge on any atom is 0.242 e. The Kier molecular flexibility index (Phi) is 4.73. The molecule has 0 fully saturated rings. The van der Waals surface area contributed by atoms with Gasteiger partial charge in [0.15, 0.2) is 0 Å². The minimum atomic E-state index is -0.290. The molecular weight excluding hydrogens is 290 g/mol. The number of benzene rings is 1. The van der Waals surface area contributed by atoms with Crippen LogP contribution in [-0.2, 0) is 11.3 Å². The van der Waals surface area contributed by atoms with Crippen LogP contribution in [0.15, 0.2) is 18.2 Å². The molecule has 1 atom stereocenters. The van der Waals surface area contributed by atoms with Crippen molar-refractivity contribution in [2.24, 2.45) is 0 Å². The molecule has 0 N–H and O–H groups in total. The van der Waals surface area contributed by atoms with Gasteiger partial charge in [-0.1, -0.05) is 6.07 Å². The van der Waals surface area contributed by atoms with Crippen LogP contribution in [0.25, 0.3) is 11.0 Å². The van der Waals surface area contributed by atoms with Gasteiger partial charge in [0.05, 0.1) is 18.0 Å². The zero-order valence-electron chi connectivity index (χ0n) is 12.8. The summed E-state index contributed by atoms with van der Waals surface area (Å²) in [6, 6.07) is 5.66. The number of imidazole rings is 1. The molecule has 1 aromatic carbocycles. The highest BCUT2D eigenvalue weighted by molar-refractivity contribution is 6.20. The molecule has 0 radical (unpaired) electrons. The molecule has 0 aliphatic rings. The van der Waals surface area contributed by atoms with Crippen LogP contribution in [0.2, 0.25) is 0 Å². The molecule has 0 aliphatic heterocycles. The average Bonchev–Trinajstić information content (AvgIpc) is 2.85. The van der Waals surface area contributed by atoms with E-state index in [0.717, 1.165) is 11.0 Å². The van der Waals surface area contributed by atoms with E-state index in [4.69, 9.17) is 16.3 Å². The largest absolute Gasteiger partial charge is 0.494 e. The summed E-state index contributed by atoms with van der Waals surface area (Å²) in [5.74, 6) is 1.38. The summed E-state index contributed by atoms with van der Waals surface area (Å²) < 4.78 is 7.20. The zero-order chi connectivity index (χ0) is 15.6. The Morgan fingerprint density at radius 1 is 1.52 bits per heavy atom. The van der Waals surface area contributed by atoms with Crippen molar-refractivity contribution >= 4 is 28.5 Å². The maximum atomic E-state index is 12.2. The van der Waals surface area contributed by atoms with E-state index in [1.165, 1.54) is 0 Å². The van der Waals surface area contributed by atoms with E-state index in [1.807, 2.05) is 36.6 Å². The number of ether oxygens (including phenoxy) is 1. The second kappa shape index (κ2) is 6.35. The first-order valence-electron chi connectivity index (χ1n) is 6.90. The second-order valence-corrected chi connectivity index (χ2v) is 5.56. The van der Waals surface area contributed by atoms with Crippen molar-refractivity contribution in [3.05, 3.63) is 24.0 Å². The maximum absolute atomic E-state index is 12.2. The standard InChI is InChI=1S/C15H20ClN3O2/c1-5-18(3)13(20)9-19-11-7-6-8-12(21-4)14(11)17-15(19)10(2)16/h6-8,10H,5,9H2,1-4H3. The lowest BCUT2D eigenvalue weighted by Crippen LogP contribution is -2.30. The van der Waals surface area contributed by atoms with E-state index in [0.29, 0.717) is 18.1 Å². The summed E-state index contributed by atoms with van der Waals surface area (Å²) in [6.07, 6.45) is 0. The van der Waals surface area contributed by atoms with Gasteiger partial charge in [0, 0.05) is 13.6 Å². The van der Waals surface area contributed by atoms with Crippen LogP contribution >= 0.6 is 11.6 Å². The Morgan fingerprint density at radius 2 is 2.24 bits per heavy atom. The van der Waals surface area contributed by atoms with E-state index >= 15 is 0 Å². The molecule has 6 heteroatoms. The number of aromatic nitrogens is 2. The molecule has 1 unspecified atom stereocenters. The van der Waals surface area contributed by atoms with Gasteiger partial charge < -0.3 is 14.2 Å². The van der Waals surface area contributed by atoms with E-state index in [9.17, 15) is 4.79 Å². The number of para-hydroxylation sites is 1. The Labute approximate surface area is 129 Å². The van der Waals surface area contributed by atoms with E-state index in [1.54, 1.807) is 19.1 Å². The molecule has 1 aromatic heterocycles. The fourth-order valence-electron chi connectivity index (χ4n) is 2.21. The molecule has 0 aliphatic carbocycles. The summed E-state index contributed by atoms with van der Waals surface area (Å²) >= 11 is 6.22. The fraction of sp³-hybridized carbons (Fsp3) is 0.467. The SMILES string of the molecule is CCN(C)C(=O)Cn1c(C(C)Cl)nc2c(OC)cccc21. The van der Waals surface area contributed by atoms with Crippen LogP contribution in [0.3, 0.4) is 0 Å². The monoisotopic (exact) mass is 309 g/mol. The number of likely N-dealkylation sites (N-methyl/N-ethyl adjacent to an activating group) is 1. The fourth-order valence-corrected chi connectivity index (χ4v) is 2.37. The van der Waals surface area contributed by atoms with Gasteiger partial charge in [-0.25, -0.2) is 4.98 Å². The normalized spacial score (nSPS) is 12.4. The predicted octanol–water partition coefficient (Wildman–Crippen LogP) is 2.82. The summed E-state index contributed by atoms with van der Waals surface area (Å²) in [6.45, 7) is 4.68. The summed E-state index contributed by atoms with van der Waals surface area (Å²) in [5.41, 5.74) is 1.59. The van der Waals surface area contributed by atoms with Gasteiger partial charge in [-0.15, -0.1) is 11.6 Å². The first-order valence-corrected chi connectivity index (χ1v) is 7.34. The van der Waals surface area contributed by atoms with Crippen LogP contribution < -0.4 is 4.74 Å². The predicted molar refractivity (Wildman–Crippen MR) is 83.9 cm³/mol. The van der Waals surface area contributed by atoms with Crippen molar-refractivity contribution in [1.82, 2.24) is 14.5 Å². The lowest BCUT2D eigenvalue weighted by atomic mass is 10.3. The number of amides is 1. The topological polar surface area (TPSA) is 47.4 Å². The van der Waals surface area contributed by atoms with Crippen LogP contribution in [0.5, 0.6) is 5.75 Å². The zero-order valence-corrected chi connectivity index (χ0v) is 13.5. The van der Waals surface area contributed by atoms with Crippen molar-refractivity contribution in [2.45, 2.75) is 25.8 Å². The third-order valence-electron chi connectivity index (χ3n) is 3.54. The second-order valence-electron chi connectivity index (χ2n) is 4.91. The minimum Gasteiger partial charge on any atom is -0.494 e. The van der Waals surface area contributed by atoms with Crippen molar-refractivity contribution in [2.75, 3.05) is 20.7 Å². The minimum absolute atomic E-state index is 0.0261. The highest BCUT2D eigenvalue weighted by Gasteiger charge is 2.20. The van der Waals surface area contributed by atoms with E-state index in [-0.39, 0.29) is 17.8 Å². The van der Waals surface area contributed by atoms with Crippen molar-refractivity contribution in [3.63, 3.8) is 0 Å². The Bertz CT molecular complexity index is 652. The molecular formula is C15H20ClN3O2. The van der Waals surface area contributed by atoms with Crippen LogP contribution in [0.1, 0.15) is 25.0 Å². The molecule has 114 valence electrons. The van der Waals surface area contributed by atoms with Crippen LogP contribution in [0.4, 0.5) is 0 Å². The Balaban J connectivity index is 2.54. The smallest absolute Gasteiger partial charge is 0.242 e. The third-order valence-corrected chi connectivity index (χ3v) is 3.74. The molecule has 1 heterocycles. The quantitative estimate of drug-likeness (QED) is 0.798. The van der Waals surface area contributed by atoms with Crippen molar-refractivity contribution < 1.29 is 9.53 Å². The van der Waals surface area contributed by atoms with Crippen molar-refractivity contribution in [1.29, 1.82) is 0 Å². The number of fused-ring (bicyclic) bond motifs is 1. The Morgan fingerprint density at radius 3 is 2.81 bits per heavy atom. The number of nitrogens with zero attached hydrogens (tertiary/aromatic N) is 3. The molecule has 2 aromatic rings. The summed E-state index contributed by atoms with van der Waals surface area (Å²) in [5, 5.41) is -0.290. The van der Waals surface area contributed by atoms with Crippen LogP contribution in [0, 0.1) is 0 Å². The van der Waals surface area contributed by atoms with Crippen LogP contribution in [-0.4, -0.2) is 41.1 Å². The van der Waals surface area contributed by atoms with E-state index in [2.05, 4.69) is 4.98 Å². The number of carbonyl (C=O) groups is 1. The number of methoxy groups -OCH3 is 1. The third kappa shape index (κ3) is 2.97. The number of rotatable bonds is 5. The molecule has 0 saturated heterocycles. The van der Waals surface area contributed by atoms with Gasteiger partial charge in [-0.2, -0.15) is 0 Å². The Hall–Kier alpha value is -1.75. The van der Waals surface area contributed by atoms with Gasteiger partial charge in [0.25, 0.3) is 0 Å². The van der Waals surface area contributed by atoms with Gasteiger partial charge in [0.2, 0.25) is 5.91 Å². The molecule has 2 rings (SSSR count). The molecule has 0 spiro atoms. The number of hydrogen-bond acceptors (Lipinski definition) is 3. The lowest BCUT2D eigenvalue weighted by Gasteiger charge is -2.17. The lowest BCUT2D eigenvalue weighted by molar-refractivity contribution is -0.130. The average molecular weight is 310 g/mol. The van der Waals surface area contributed by atoms with Crippen molar-refractivity contribution in [3.8, 4) is 5.75 Å². The first kappa shape index (κ1) is 15.6. The summed E-state index contributed by atoms with van der Waals surface area (Å²) in [4.78, 5) is 18.4. The first-order chi connectivity index (χ1) is 9.99. The summed E-state index contributed by atoms with van der Waals surface area (Å²) in [7, 11) is 3.39. The van der Waals surface area contributed by atoms with Gasteiger partial charge >= 0.3 is 0 Å². The number of hydrogen-bond donors (Lipinski definition) is 0. The molecule has 0 saturated carbocycles. The highest BCUT2D eigenvalue weighted by atomic mass is 35.5.